The number of hydrogen-bond acceptors (Lipinski definition) is 5. The van der Waals surface area contributed by atoms with E-state index in [1.54, 1.807) is 23.1 Å². The van der Waals surface area contributed by atoms with Crippen molar-refractivity contribution in [3.63, 3.8) is 0 Å². The second-order valence-corrected chi connectivity index (χ2v) is 13.5. The van der Waals surface area contributed by atoms with Gasteiger partial charge in [-0.2, -0.15) is 0 Å². The molecule has 0 radical (unpaired) electrons. The number of benzene rings is 2. The fraction of sp³-hybridized carbons (Fsp3) is 0.419. The Morgan fingerprint density at radius 2 is 1.76 bits per heavy atom. The van der Waals surface area contributed by atoms with E-state index in [0.717, 1.165) is 34.5 Å². The summed E-state index contributed by atoms with van der Waals surface area (Å²) in [6.45, 7) is 2.99. The minimum atomic E-state index is -0.0929. The summed E-state index contributed by atoms with van der Waals surface area (Å²) in [5, 5.41) is 2.70. The molecule has 0 spiro atoms. The van der Waals surface area contributed by atoms with Gasteiger partial charge in [-0.25, -0.2) is 0 Å². The zero-order valence-electron chi connectivity index (χ0n) is 24.0. The highest BCUT2D eigenvalue weighted by Gasteiger charge is 2.36. The fourth-order valence-electron chi connectivity index (χ4n) is 4.98. The monoisotopic (exact) mass is 615 g/mol. The van der Waals surface area contributed by atoms with Crippen LogP contribution in [0.2, 0.25) is 10.0 Å². The Balaban J connectivity index is 1.26. The van der Waals surface area contributed by atoms with Gasteiger partial charge in [0.25, 0.3) is 5.91 Å². The molecule has 3 aromatic rings. The van der Waals surface area contributed by atoms with Crippen molar-refractivity contribution in [3.8, 4) is 11.5 Å². The first-order chi connectivity index (χ1) is 19.5. The molecule has 7 nitrogen and oxygen atoms in total. The van der Waals surface area contributed by atoms with Crippen LogP contribution in [0.15, 0.2) is 47.8 Å². The smallest absolute Gasteiger partial charge is 0.272 e. The molecular weight excluding hydrogens is 579 g/mol. The molecule has 0 unspecified atom stereocenters. The number of ether oxygens (including phenoxy) is 1. The van der Waals surface area contributed by atoms with Gasteiger partial charge in [-0.05, 0) is 54.5 Å². The van der Waals surface area contributed by atoms with Crippen molar-refractivity contribution in [2.24, 2.45) is 0 Å². The van der Waals surface area contributed by atoms with E-state index in [1.807, 2.05) is 35.5 Å². The molecule has 1 saturated carbocycles. The van der Waals surface area contributed by atoms with Gasteiger partial charge in [0.2, 0.25) is 5.91 Å². The maximum atomic E-state index is 13.8. The third-order valence-corrected chi connectivity index (χ3v) is 9.09. The topological polar surface area (TPSA) is 53.1 Å². The highest BCUT2D eigenvalue weighted by Crippen LogP contribution is 2.42. The average Bonchev–Trinajstić information content (AvgIpc) is 3.68. The Kier molecular flexibility index (Phi) is 8.85. The molecule has 41 heavy (non-hydrogen) atoms. The summed E-state index contributed by atoms with van der Waals surface area (Å²) in [4.78, 5) is 33.0. The molecule has 10 heteroatoms. The van der Waals surface area contributed by atoms with E-state index in [-0.39, 0.29) is 11.8 Å². The molecule has 0 N–H and O–H groups in total. The first-order valence-corrected chi connectivity index (χ1v) is 15.6. The Labute approximate surface area is 256 Å². The van der Waals surface area contributed by atoms with E-state index in [1.165, 1.54) is 24.2 Å². The predicted octanol–water partition coefficient (Wildman–Crippen LogP) is 6.57. The molecule has 0 saturated heterocycles. The maximum absolute atomic E-state index is 13.8. The van der Waals surface area contributed by atoms with Crippen LogP contribution in [-0.2, 0) is 11.2 Å². The molecule has 1 aliphatic carbocycles. The Bertz CT molecular complexity index is 1430. The SMILES string of the molecule is CN(CC[N+](C)(C)C)C(=O)CCc1cc(Cl)c(Oc2ccsc2C(=O)N2CCN(C3CC3)c3ccccc32)cc1Cl. The molecule has 5 rings (SSSR count). The Morgan fingerprint density at radius 3 is 2.46 bits per heavy atom. The first kappa shape index (κ1) is 29.7. The lowest BCUT2D eigenvalue weighted by atomic mass is 10.1. The van der Waals surface area contributed by atoms with Gasteiger partial charge in [0.15, 0.2) is 5.75 Å². The van der Waals surface area contributed by atoms with Crippen LogP contribution in [0.5, 0.6) is 11.5 Å². The summed E-state index contributed by atoms with van der Waals surface area (Å²) in [5.74, 6) is 0.789. The minimum absolute atomic E-state index is 0.0620. The number of rotatable bonds is 10. The number of nitrogens with zero attached hydrogens (tertiary/aromatic N) is 4. The van der Waals surface area contributed by atoms with Crippen LogP contribution >= 0.6 is 34.5 Å². The van der Waals surface area contributed by atoms with E-state index >= 15 is 0 Å². The zero-order valence-corrected chi connectivity index (χ0v) is 26.4. The van der Waals surface area contributed by atoms with E-state index in [0.29, 0.717) is 58.4 Å². The van der Waals surface area contributed by atoms with E-state index in [4.69, 9.17) is 27.9 Å². The van der Waals surface area contributed by atoms with Gasteiger partial charge in [0.05, 0.1) is 50.6 Å². The van der Waals surface area contributed by atoms with Gasteiger partial charge in [0.1, 0.15) is 10.6 Å². The summed E-state index contributed by atoms with van der Waals surface area (Å²) in [6, 6.07) is 13.9. The molecule has 2 heterocycles. The van der Waals surface area contributed by atoms with Crippen LogP contribution in [0.3, 0.4) is 0 Å². The van der Waals surface area contributed by atoms with Crippen LogP contribution in [0.25, 0.3) is 0 Å². The Morgan fingerprint density at radius 1 is 1.02 bits per heavy atom. The first-order valence-electron chi connectivity index (χ1n) is 14.0. The largest absolute Gasteiger partial charge is 0.454 e. The lowest BCUT2D eigenvalue weighted by Gasteiger charge is -2.37. The third-order valence-electron chi connectivity index (χ3n) is 7.56. The van der Waals surface area contributed by atoms with Crippen molar-refractivity contribution in [2.45, 2.75) is 31.7 Å². The molecule has 0 atom stereocenters. The fourth-order valence-corrected chi connectivity index (χ4v) is 6.22. The van der Waals surface area contributed by atoms with Gasteiger partial charge >= 0.3 is 0 Å². The van der Waals surface area contributed by atoms with Gasteiger partial charge in [-0.1, -0.05) is 35.3 Å². The third kappa shape index (κ3) is 7.00. The number of carbonyl (C=O) groups is 2. The maximum Gasteiger partial charge on any atom is 0.272 e. The zero-order chi connectivity index (χ0) is 29.3. The lowest BCUT2D eigenvalue weighted by Crippen LogP contribution is -2.44. The summed E-state index contributed by atoms with van der Waals surface area (Å²) >= 11 is 14.6. The second kappa shape index (κ2) is 12.2. The number of aryl methyl sites for hydroxylation is 1. The summed E-state index contributed by atoms with van der Waals surface area (Å²) in [7, 11) is 8.14. The molecule has 2 aromatic carbocycles. The van der Waals surface area contributed by atoms with Crippen LogP contribution in [-0.4, -0.2) is 81.6 Å². The van der Waals surface area contributed by atoms with Crippen molar-refractivity contribution in [3.05, 3.63) is 68.3 Å². The molecular formula is C31H37Cl2N4O3S+. The molecule has 1 fully saturated rings. The number of para-hydroxylation sites is 2. The highest BCUT2D eigenvalue weighted by atomic mass is 35.5. The summed E-state index contributed by atoms with van der Waals surface area (Å²) < 4.78 is 6.97. The molecule has 2 aliphatic rings. The van der Waals surface area contributed by atoms with Gasteiger partial charge in [0, 0.05) is 43.7 Å². The molecule has 1 aliphatic heterocycles. The van der Waals surface area contributed by atoms with E-state index in [9.17, 15) is 9.59 Å². The van der Waals surface area contributed by atoms with Gasteiger partial charge in [-0.15, -0.1) is 11.3 Å². The van der Waals surface area contributed by atoms with Crippen LogP contribution in [0.4, 0.5) is 11.4 Å². The van der Waals surface area contributed by atoms with Crippen molar-refractivity contribution >= 4 is 57.7 Å². The van der Waals surface area contributed by atoms with Crippen LogP contribution in [0, 0.1) is 0 Å². The van der Waals surface area contributed by atoms with Gasteiger partial charge < -0.3 is 23.9 Å². The number of quaternary nitrogens is 1. The van der Waals surface area contributed by atoms with Crippen LogP contribution < -0.4 is 14.5 Å². The standard InChI is InChI=1S/C31H37Cl2N4O3S/c1-34(16-17-37(2,3)4)29(38)12-9-21-19-24(33)28(20-23(21)32)40-27-13-18-41-30(27)31(39)36-15-14-35(22-10-11-22)25-7-5-6-8-26(25)36/h5-8,13,18-20,22H,9-12,14-17H2,1-4H3/q+1. The molecule has 0 bridgehead atoms. The minimum Gasteiger partial charge on any atom is -0.454 e. The predicted molar refractivity (Wildman–Crippen MR) is 168 cm³/mol. The van der Waals surface area contributed by atoms with Crippen molar-refractivity contribution in [1.29, 1.82) is 0 Å². The average molecular weight is 617 g/mol. The number of hydrogen-bond donors (Lipinski definition) is 0. The number of likely N-dealkylation sites (N-methyl/N-ethyl adjacent to an activating group) is 2. The number of fused-ring (bicyclic) bond motifs is 1. The number of halogens is 2. The van der Waals surface area contributed by atoms with Crippen LogP contribution in [0.1, 0.15) is 34.5 Å². The number of thiophene rings is 1. The number of anilines is 2. The number of carbonyl (C=O) groups excluding carboxylic acids is 2. The van der Waals surface area contributed by atoms with E-state index < -0.39 is 0 Å². The summed E-state index contributed by atoms with van der Waals surface area (Å²) in [6.07, 6.45) is 3.22. The van der Waals surface area contributed by atoms with Crippen molar-refractivity contribution in [1.82, 2.24) is 4.90 Å². The second-order valence-electron chi connectivity index (χ2n) is 11.8. The summed E-state index contributed by atoms with van der Waals surface area (Å²) in [5.41, 5.74) is 2.82. The molecule has 2 amide bonds. The van der Waals surface area contributed by atoms with Crippen molar-refractivity contribution < 1.29 is 18.8 Å². The van der Waals surface area contributed by atoms with Gasteiger partial charge in [-0.3, -0.25) is 9.59 Å². The highest BCUT2D eigenvalue weighted by molar-refractivity contribution is 7.12. The number of amides is 2. The van der Waals surface area contributed by atoms with E-state index in [2.05, 4.69) is 32.1 Å². The molecule has 218 valence electrons. The normalized spacial score (nSPS) is 15.1. The Hall–Kier alpha value is -2.78. The molecule has 1 aromatic heterocycles. The quantitative estimate of drug-likeness (QED) is 0.242. The lowest BCUT2D eigenvalue weighted by molar-refractivity contribution is -0.869. The van der Waals surface area contributed by atoms with Crippen molar-refractivity contribution in [2.75, 3.05) is 64.2 Å².